The number of rotatable bonds is 4. The molecule has 1 amide bonds. The Morgan fingerprint density at radius 3 is 2.69 bits per heavy atom. The van der Waals surface area contributed by atoms with Crippen molar-refractivity contribution in [1.29, 1.82) is 0 Å². The summed E-state index contributed by atoms with van der Waals surface area (Å²) in [4.78, 5) is 19.0. The van der Waals surface area contributed by atoms with Crippen LogP contribution in [0.15, 0.2) is 0 Å². The van der Waals surface area contributed by atoms with Crippen LogP contribution in [0.25, 0.3) is 0 Å². The van der Waals surface area contributed by atoms with E-state index in [2.05, 4.69) is 4.98 Å². The van der Waals surface area contributed by atoms with Crippen molar-refractivity contribution in [2.75, 3.05) is 13.2 Å². The maximum atomic E-state index is 12.2. The van der Waals surface area contributed by atoms with Crippen molar-refractivity contribution < 1.29 is 9.90 Å². The largest absolute Gasteiger partial charge is 0.395 e. The van der Waals surface area contributed by atoms with Crippen molar-refractivity contribution in [2.45, 2.75) is 32.7 Å². The fourth-order valence-corrected chi connectivity index (χ4v) is 2.68. The molecule has 0 bridgehead atoms. The van der Waals surface area contributed by atoms with Crippen LogP contribution in [0, 0.1) is 13.8 Å². The summed E-state index contributed by atoms with van der Waals surface area (Å²) in [7, 11) is 0. The summed E-state index contributed by atoms with van der Waals surface area (Å²) < 4.78 is 0. The van der Waals surface area contributed by atoms with Gasteiger partial charge in [0, 0.05) is 12.6 Å². The Hall–Kier alpha value is -0.940. The lowest BCUT2D eigenvalue weighted by Crippen LogP contribution is -2.35. The third-order valence-corrected chi connectivity index (χ3v) is 3.75. The van der Waals surface area contributed by atoms with E-state index in [0.29, 0.717) is 12.6 Å². The van der Waals surface area contributed by atoms with Crippen LogP contribution in [0.3, 0.4) is 0 Å². The third kappa shape index (κ3) is 2.25. The van der Waals surface area contributed by atoms with Crippen LogP contribution >= 0.6 is 11.3 Å². The molecule has 1 aromatic rings. The minimum absolute atomic E-state index is 0.0269. The average Bonchev–Trinajstić information content (AvgIpc) is 3.00. The first-order valence-electron chi connectivity index (χ1n) is 5.49. The van der Waals surface area contributed by atoms with E-state index in [1.54, 1.807) is 4.90 Å². The Balaban J connectivity index is 2.18. The van der Waals surface area contributed by atoms with Gasteiger partial charge in [-0.25, -0.2) is 4.98 Å². The summed E-state index contributed by atoms with van der Waals surface area (Å²) in [5.41, 5.74) is 0.802. The number of thiazole rings is 1. The van der Waals surface area contributed by atoms with Crippen LogP contribution in [0.1, 0.15) is 33.2 Å². The second kappa shape index (κ2) is 4.51. The highest BCUT2D eigenvalue weighted by Crippen LogP contribution is 2.29. The Kier molecular flexibility index (Phi) is 3.25. The zero-order valence-corrected chi connectivity index (χ0v) is 10.4. The third-order valence-electron chi connectivity index (χ3n) is 2.69. The van der Waals surface area contributed by atoms with Gasteiger partial charge >= 0.3 is 0 Å². The predicted molar refractivity (Wildman–Crippen MR) is 62.7 cm³/mol. The quantitative estimate of drug-likeness (QED) is 0.864. The van der Waals surface area contributed by atoms with E-state index >= 15 is 0 Å². The van der Waals surface area contributed by atoms with Gasteiger partial charge in [0.25, 0.3) is 5.91 Å². The number of hydrogen-bond acceptors (Lipinski definition) is 4. The lowest BCUT2D eigenvalue weighted by atomic mass is 10.3. The Morgan fingerprint density at radius 2 is 2.25 bits per heavy atom. The van der Waals surface area contributed by atoms with Gasteiger partial charge in [0.15, 0.2) is 0 Å². The van der Waals surface area contributed by atoms with E-state index in [0.717, 1.165) is 28.4 Å². The SMILES string of the molecule is Cc1nc(C)c(C(=O)N(CCO)C2CC2)s1. The fourth-order valence-electron chi connectivity index (χ4n) is 1.80. The Labute approximate surface area is 98.9 Å². The lowest BCUT2D eigenvalue weighted by molar-refractivity contribution is 0.0711. The standard InChI is InChI=1S/C11H16N2O2S/c1-7-10(16-8(2)12-7)11(15)13(5-6-14)9-3-4-9/h9,14H,3-6H2,1-2H3. The van der Waals surface area contributed by atoms with Gasteiger partial charge in [-0.3, -0.25) is 4.79 Å². The van der Waals surface area contributed by atoms with Crippen LogP contribution in [0.4, 0.5) is 0 Å². The van der Waals surface area contributed by atoms with Gasteiger partial charge in [0.05, 0.1) is 17.3 Å². The molecule has 0 radical (unpaired) electrons. The molecule has 0 aromatic carbocycles. The highest BCUT2D eigenvalue weighted by molar-refractivity contribution is 7.13. The molecule has 0 atom stereocenters. The number of aliphatic hydroxyl groups excluding tert-OH is 1. The molecule has 1 aliphatic rings. The molecule has 1 fully saturated rings. The molecule has 0 unspecified atom stereocenters. The average molecular weight is 240 g/mol. The number of aromatic nitrogens is 1. The first-order valence-corrected chi connectivity index (χ1v) is 6.31. The molecule has 1 heterocycles. The summed E-state index contributed by atoms with van der Waals surface area (Å²) in [6.07, 6.45) is 2.12. The maximum absolute atomic E-state index is 12.2. The van der Waals surface area contributed by atoms with Gasteiger partial charge in [-0.05, 0) is 26.7 Å². The first-order chi connectivity index (χ1) is 7.63. The second-order valence-electron chi connectivity index (χ2n) is 4.10. The fraction of sp³-hybridized carbons (Fsp3) is 0.636. The van der Waals surface area contributed by atoms with E-state index in [9.17, 15) is 4.79 Å². The monoisotopic (exact) mass is 240 g/mol. The summed E-state index contributed by atoms with van der Waals surface area (Å²) in [5, 5.41) is 9.89. The lowest BCUT2D eigenvalue weighted by Gasteiger charge is -2.20. The summed E-state index contributed by atoms with van der Waals surface area (Å²) >= 11 is 1.44. The van der Waals surface area contributed by atoms with Gasteiger partial charge in [0.2, 0.25) is 0 Å². The second-order valence-corrected chi connectivity index (χ2v) is 5.30. The molecule has 16 heavy (non-hydrogen) atoms. The highest BCUT2D eigenvalue weighted by Gasteiger charge is 2.33. The Bertz CT molecular complexity index is 399. The van der Waals surface area contributed by atoms with Gasteiger partial charge in [-0.15, -0.1) is 11.3 Å². The topological polar surface area (TPSA) is 53.4 Å². The smallest absolute Gasteiger partial charge is 0.266 e. The highest BCUT2D eigenvalue weighted by atomic mass is 32.1. The molecule has 0 aliphatic heterocycles. The maximum Gasteiger partial charge on any atom is 0.266 e. The summed E-state index contributed by atoms with van der Waals surface area (Å²) in [6.45, 7) is 4.22. The number of aryl methyl sites for hydroxylation is 2. The number of aliphatic hydroxyl groups is 1. The van der Waals surface area contributed by atoms with Crippen molar-refractivity contribution in [3.63, 3.8) is 0 Å². The molecule has 2 rings (SSSR count). The van der Waals surface area contributed by atoms with E-state index < -0.39 is 0 Å². The van der Waals surface area contributed by atoms with Gasteiger partial charge in [-0.2, -0.15) is 0 Å². The van der Waals surface area contributed by atoms with E-state index in [1.807, 2.05) is 13.8 Å². The van der Waals surface area contributed by atoms with Crippen LogP contribution in [0.2, 0.25) is 0 Å². The summed E-state index contributed by atoms with van der Waals surface area (Å²) in [5.74, 6) is 0.0275. The van der Waals surface area contributed by atoms with Crippen LogP contribution in [-0.2, 0) is 0 Å². The number of carbonyl (C=O) groups excluding carboxylic acids is 1. The number of hydrogen-bond donors (Lipinski definition) is 1. The number of carbonyl (C=O) groups is 1. The first kappa shape index (κ1) is 11.5. The van der Waals surface area contributed by atoms with Gasteiger partial charge < -0.3 is 10.0 Å². The van der Waals surface area contributed by atoms with Crippen molar-refractivity contribution in [1.82, 2.24) is 9.88 Å². The Morgan fingerprint density at radius 1 is 1.56 bits per heavy atom. The van der Waals surface area contributed by atoms with Gasteiger partial charge in [-0.1, -0.05) is 0 Å². The van der Waals surface area contributed by atoms with Crippen LogP contribution < -0.4 is 0 Å². The minimum Gasteiger partial charge on any atom is -0.395 e. The molecular formula is C11H16N2O2S. The van der Waals surface area contributed by atoms with Crippen LogP contribution in [0.5, 0.6) is 0 Å². The van der Waals surface area contributed by atoms with Crippen molar-refractivity contribution >= 4 is 17.2 Å². The number of nitrogens with zero attached hydrogens (tertiary/aromatic N) is 2. The van der Waals surface area contributed by atoms with E-state index in [-0.39, 0.29) is 12.5 Å². The molecule has 1 N–H and O–H groups in total. The molecule has 4 nitrogen and oxygen atoms in total. The van der Waals surface area contributed by atoms with Crippen molar-refractivity contribution in [3.8, 4) is 0 Å². The molecular weight excluding hydrogens is 224 g/mol. The van der Waals surface area contributed by atoms with Crippen molar-refractivity contribution in [2.24, 2.45) is 0 Å². The molecule has 0 spiro atoms. The normalized spacial score (nSPS) is 15.2. The molecule has 1 saturated carbocycles. The minimum atomic E-state index is 0.0269. The molecule has 1 aliphatic carbocycles. The van der Waals surface area contributed by atoms with Gasteiger partial charge in [0.1, 0.15) is 4.88 Å². The zero-order chi connectivity index (χ0) is 11.7. The molecule has 0 saturated heterocycles. The molecule has 88 valence electrons. The van der Waals surface area contributed by atoms with Crippen LogP contribution in [-0.4, -0.2) is 40.1 Å². The molecule has 1 aromatic heterocycles. The predicted octanol–water partition coefficient (Wildman–Crippen LogP) is 1.36. The molecule has 5 heteroatoms. The van der Waals surface area contributed by atoms with E-state index in [1.165, 1.54) is 11.3 Å². The zero-order valence-electron chi connectivity index (χ0n) is 9.56. The number of amides is 1. The van der Waals surface area contributed by atoms with Crippen molar-refractivity contribution in [3.05, 3.63) is 15.6 Å². The van der Waals surface area contributed by atoms with E-state index in [4.69, 9.17) is 5.11 Å². The summed E-state index contributed by atoms with van der Waals surface area (Å²) in [6, 6.07) is 0.335.